The third-order valence-corrected chi connectivity index (χ3v) is 7.59. The van der Waals surface area contributed by atoms with Crippen LogP contribution in [0.25, 0.3) is 0 Å². The molecule has 0 aliphatic heterocycles. The second kappa shape index (κ2) is 10.3. The maximum absolute atomic E-state index is 12.4. The molecular weight excluding hydrogens is 368 g/mol. The smallest absolute Gasteiger partial charge is 0.328 e. The number of rotatable bonds is 7. The molecule has 0 aromatic heterocycles. The van der Waals surface area contributed by atoms with E-state index in [2.05, 4.69) is 17.0 Å². The van der Waals surface area contributed by atoms with E-state index in [0.29, 0.717) is 51.0 Å². The summed E-state index contributed by atoms with van der Waals surface area (Å²) in [7, 11) is -3.63. The minimum atomic E-state index is -3.63. The number of amides is 2. The van der Waals surface area contributed by atoms with Crippen molar-refractivity contribution in [1.82, 2.24) is 10.0 Å². The Morgan fingerprint density at radius 1 is 1.00 bits per heavy atom. The average molecular weight is 403 g/mol. The molecule has 2 fully saturated rings. The zero-order chi connectivity index (χ0) is 19.9. The molecule has 2 aliphatic carbocycles. The molecule has 0 radical (unpaired) electrons. The van der Waals surface area contributed by atoms with Crippen LogP contribution in [0.5, 0.6) is 0 Å². The number of unbranched alkanes of at least 4 members (excludes halogenated alkanes) is 1. The van der Waals surface area contributed by atoms with Gasteiger partial charge in [-0.15, -0.1) is 0 Å². The van der Waals surface area contributed by atoms with Crippen LogP contribution in [0, 0.1) is 11.8 Å². The fraction of sp³-hybridized carbons (Fsp3) is 0.895. The second-order valence-corrected chi connectivity index (χ2v) is 10.0. The van der Waals surface area contributed by atoms with Crippen molar-refractivity contribution in [3.05, 3.63) is 0 Å². The summed E-state index contributed by atoms with van der Waals surface area (Å²) in [6.45, 7) is 4.64. The average Bonchev–Trinajstić information content (AvgIpc) is 2.62. The number of hydrogen-bond acceptors (Lipinski definition) is 5. The monoisotopic (exact) mass is 402 g/mol. The first-order valence-electron chi connectivity index (χ1n) is 10.3. The Hall–Kier alpha value is -1.31. The largest absolute Gasteiger partial charge is 0.465 e. The highest BCUT2D eigenvalue weighted by atomic mass is 32.2. The summed E-state index contributed by atoms with van der Waals surface area (Å²) in [5.41, 5.74) is 0. The first-order chi connectivity index (χ1) is 12.8. The summed E-state index contributed by atoms with van der Waals surface area (Å²) < 4.78 is 32.2. The highest BCUT2D eigenvalue weighted by molar-refractivity contribution is 7.90. The van der Waals surface area contributed by atoms with Gasteiger partial charge in [0, 0.05) is 6.04 Å². The number of sulfonamides is 1. The quantitative estimate of drug-likeness (QED) is 0.503. The summed E-state index contributed by atoms with van der Waals surface area (Å²) in [4.78, 5) is 24.1. The Bertz CT molecular complexity index is 591. The van der Waals surface area contributed by atoms with Crippen LogP contribution in [0.15, 0.2) is 0 Å². The first kappa shape index (κ1) is 22.0. The summed E-state index contributed by atoms with van der Waals surface area (Å²) in [5.74, 6) is 0.283. The molecule has 2 rings (SSSR count). The fourth-order valence-corrected chi connectivity index (χ4v) is 5.25. The normalized spacial score (nSPS) is 29.0. The molecule has 27 heavy (non-hydrogen) atoms. The minimum absolute atomic E-state index is 0.105. The van der Waals surface area contributed by atoms with Crippen LogP contribution in [0.4, 0.5) is 4.79 Å². The van der Waals surface area contributed by atoms with E-state index in [9.17, 15) is 18.0 Å². The lowest BCUT2D eigenvalue weighted by atomic mass is 9.86. The lowest BCUT2D eigenvalue weighted by Gasteiger charge is -2.29. The highest BCUT2D eigenvalue weighted by Crippen LogP contribution is 2.28. The van der Waals surface area contributed by atoms with E-state index in [1.807, 2.05) is 6.92 Å². The van der Waals surface area contributed by atoms with Crippen molar-refractivity contribution in [3.63, 3.8) is 0 Å². The molecule has 7 nitrogen and oxygen atoms in total. The van der Waals surface area contributed by atoms with Gasteiger partial charge in [-0.3, -0.25) is 4.79 Å². The summed E-state index contributed by atoms with van der Waals surface area (Å²) in [6, 6.07) is -0.756. The van der Waals surface area contributed by atoms with E-state index in [1.165, 1.54) is 0 Å². The molecular formula is C19H34N2O5S. The summed E-state index contributed by atoms with van der Waals surface area (Å²) >= 11 is 0. The molecule has 2 aliphatic rings. The predicted octanol–water partition coefficient (Wildman–Crippen LogP) is 3.10. The number of nitrogens with one attached hydrogen (secondary N) is 2. The van der Waals surface area contributed by atoms with E-state index >= 15 is 0 Å². The van der Waals surface area contributed by atoms with Crippen molar-refractivity contribution in [3.8, 4) is 0 Å². The van der Waals surface area contributed by atoms with Crippen LogP contribution < -0.4 is 10.0 Å². The van der Waals surface area contributed by atoms with Gasteiger partial charge < -0.3 is 10.1 Å². The van der Waals surface area contributed by atoms with Gasteiger partial charge in [-0.1, -0.05) is 20.3 Å². The van der Waals surface area contributed by atoms with Crippen molar-refractivity contribution in [2.75, 3.05) is 6.61 Å². The molecule has 0 aromatic carbocycles. The molecule has 2 N–H and O–H groups in total. The van der Waals surface area contributed by atoms with Gasteiger partial charge in [0.1, 0.15) is 0 Å². The molecule has 0 heterocycles. The maximum Gasteiger partial charge on any atom is 0.328 e. The van der Waals surface area contributed by atoms with Crippen LogP contribution >= 0.6 is 0 Å². The van der Waals surface area contributed by atoms with Gasteiger partial charge in [0.05, 0.1) is 17.8 Å². The van der Waals surface area contributed by atoms with Crippen molar-refractivity contribution in [2.24, 2.45) is 11.8 Å². The zero-order valence-electron chi connectivity index (χ0n) is 16.5. The van der Waals surface area contributed by atoms with Gasteiger partial charge >= 0.3 is 12.0 Å². The van der Waals surface area contributed by atoms with Gasteiger partial charge in [-0.2, -0.15) is 0 Å². The molecule has 2 amide bonds. The minimum Gasteiger partial charge on any atom is -0.465 e. The number of urea groups is 1. The number of carbonyl (C=O) groups excluding carboxylic acids is 2. The first-order valence-corrected chi connectivity index (χ1v) is 11.8. The Morgan fingerprint density at radius 2 is 1.63 bits per heavy atom. The van der Waals surface area contributed by atoms with Crippen LogP contribution in [0.3, 0.4) is 0 Å². The SMILES string of the molecule is CCCCOC(=O)C1CCC(NC(=O)NS(=O)(=O)C2CCC(C)CC2)CC1. The van der Waals surface area contributed by atoms with Gasteiger partial charge in [-0.05, 0) is 63.7 Å². The van der Waals surface area contributed by atoms with Crippen LogP contribution in [-0.2, 0) is 19.6 Å². The van der Waals surface area contributed by atoms with Crippen LogP contribution in [0.2, 0.25) is 0 Å². The molecule has 0 bridgehead atoms. The summed E-state index contributed by atoms with van der Waals surface area (Å²) in [6.07, 6.45) is 7.45. The van der Waals surface area contributed by atoms with E-state index in [4.69, 9.17) is 4.74 Å². The molecule has 0 unspecified atom stereocenters. The molecule has 2 saturated carbocycles. The van der Waals surface area contributed by atoms with Gasteiger partial charge in [-0.25, -0.2) is 17.9 Å². The number of esters is 1. The lowest BCUT2D eigenvalue weighted by molar-refractivity contribution is -0.149. The van der Waals surface area contributed by atoms with Crippen molar-refractivity contribution in [1.29, 1.82) is 0 Å². The van der Waals surface area contributed by atoms with Gasteiger partial charge in [0.25, 0.3) is 0 Å². The number of carbonyl (C=O) groups is 2. The molecule has 8 heteroatoms. The third kappa shape index (κ3) is 6.97. The Balaban J connectivity index is 1.72. The van der Waals surface area contributed by atoms with Crippen molar-refractivity contribution in [2.45, 2.75) is 89.3 Å². The molecule has 156 valence electrons. The lowest BCUT2D eigenvalue weighted by Crippen LogP contribution is -2.48. The second-order valence-electron chi connectivity index (χ2n) is 8.07. The maximum atomic E-state index is 12.4. The van der Waals surface area contributed by atoms with E-state index in [1.54, 1.807) is 0 Å². The molecule has 0 spiro atoms. The van der Waals surface area contributed by atoms with E-state index < -0.39 is 21.3 Å². The number of hydrogen-bond donors (Lipinski definition) is 2. The highest BCUT2D eigenvalue weighted by Gasteiger charge is 2.32. The van der Waals surface area contributed by atoms with E-state index in [-0.39, 0.29) is 17.9 Å². The zero-order valence-corrected chi connectivity index (χ0v) is 17.4. The van der Waals surface area contributed by atoms with Crippen LogP contribution in [-0.4, -0.2) is 38.3 Å². The van der Waals surface area contributed by atoms with Crippen molar-refractivity contribution < 1.29 is 22.7 Å². The van der Waals surface area contributed by atoms with Crippen LogP contribution in [0.1, 0.15) is 78.1 Å². The van der Waals surface area contributed by atoms with Gasteiger partial charge in [0.15, 0.2) is 0 Å². The van der Waals surface area contributed by atoms with Crippen molar-refractivity contribution >= 4 is 22.0 Å². The molecule has 0 atom stereocenters. The number of ether oxygens (including phenoxy) is 1. The summed E-state index contributed by atoms with van der Waals surface area (Å²) in [5, 5.41) is 2.27. The Labute approximate surface area is 163 Å². The molecule has 0 aromatic rings. The van der Waals surface area contributed by atoms with Gasteiger partial charge in [0.2, 0.25) is 10.0 Å². The standard InChI is InChI=1S/C19H34N2O5S/c1-3-4-13-26-18(22)15-7-9-16(10-8-15)20-19(23)21-27(24,25)17-11-5-14(2)6-12-17/h14-17H,3-13H2,1-2H3,(H2,20,21,23). The topological polar surface area (TPSA) is 102 Å². The fourth-order valence-electron chi connectivity index (χ4n) is 3.88. The van der Waals surface area contributed by atoms with E-state index in [0.717, 1.165) is 25.7 Å². The Kier molecular flexibility index (Phi) is 8.38. The third-order valence-electron chi connectivity index (χ3n) is 5.77. The molecule has 0 saturated heterocycles. The predicted molar refractivity (Wildman–Crippen MR) is 104 cm³/mol. The Morgan fingerprint density at radius 3 is 2.22 bits per heavy atom.